The largest absolute Gasteiger partial charge is 1.00 e. The summed E-state index contributed by atoms with van der Waals surface area (Å²) in [4.78, 5) is 23.8. The number of Topliss-reactive ketones (excluding diaryl/α,β-unsaturated/α-hetero) is 2. The van der Waals surface area contributed by atoms with Crippen LogP contribution in [-0.4, -0.2) is 36.5 Å². The van der Waals surface area contributed by atoms with E-state index < -0.39 is 55.9 Å². The number of carbonyl (C=O) groups excluding carboxylic acids is 2. The Balaban J connectivity index is 0.00000342. The minimum absolute atomic E-state index is 0. The fourth-order valence-corrected chi connectivity index (χ4v) is 4.68. The monoisotopic (exact) mass is 516 g/mol. The molecule has 2 aromatic carbocycles. The third kappa shape index (κ3) is 4.57. The topological polar surface area (TPSA) is 139 Å². The number of allylic oxidation sites excluding steroid dienone is 1. The number of alkyl halides is 3. The summed E-state index contributed by atoms with van der Waals surface area (Å²) in [6.45, 7) is 0. The summed E-state index contributed by atoms with van der Waals surface area (Å²) in [5.74, 6) is -1.88. The van der Waals surface area contributed by atoms with E-state index in [1.165, 1.54) is 37.4 Å². The van der Waals surface area contributed by atoms with Gasteiger partial charge < -0.3 is 20.3 Å². The maximum absolute atomic E-state index is 13.3. The summed E-state index contributed by atoms with van der Waals surface area (Å²) in [5, 5.41) is 2.64. The fourth-order valence-electron chi connectivity index (χ4n) is 3.94. The van der Waals surface area contributed by atoms with Crippen LogP contribution in [0.2, 0.25) is 0 Å². The zero-order chi connectivity index (χ0) is 25.1. The van der Waals surface area contributed by atoms with Crippen molar-refractivity contribution in [2.45, 2.75) is 17.5 Å². The van der Waals surface area contributed by atoms with Crippen LogP contribution in [0.1, 0.15) is 32.7 Å². The number of benzene rings is 2. The molecule has 2 aromatic rings. The number of methoxy groups -OCH3 is 1. The molecule has 2 aliphatic carbocycles. The van der Waals surface area contributed by atoms with Crippen molar-refractivity contribution in [3.63, 3.8) is 0 Å². The number of nitrogens with two attached hydrogens (primary N) is 1. The molecule has 0 saturated heterocycles. The molecule has 35 heavy (non-hydrogen) atoms. The van der Waals surface area contributed by atoms with E-state index in [2.05, 4.69) is 5.32 Å². The molecule has 3 N–H and O–H groups in total. The molecule has 2 aliphatic rings. The van der Waals surface area contributed by atoms with Gasteiger partial charge in [-0.05, 0) is 12.1 Å². The molecule has 178 valence electrons. The van der Waals surface area contributed by atoms with Crippen LogP contribution in [0.5, 0.6) is 5.75 Å². The Morgan fingerprint density at radius 1 is 1.09 bits per heavy atom. The SMILES string of the molecule is COc1cc(NC2=CCC(N)(S(=O)(=O)[O-])C3=C2C(=O)c2ccccc2C3=O)cc(C(F)(F)F)c1.[Na+]. The smallest absolute Gasteiger partial charge is 0.746 e. The van der Waals surface area contributed by atoms with Gasteiger partial charge in [-0.25, -0.2) is 8.42 Å². The third-order valence-corrected chi connectivity index (χ3v) is 6.88. The molecule has 1 unspecified atom stereocenters. The van der Waals surface area contributed by atoms with Crippen molar-refractivity contribution >= 4 is 27.4 Å². The second-order valence-corrected chi connectivity index (χ2v) is 9.33. The van der Waals surface area contributed by atoms with E-state index >= 15 is 0 Å². The summed E-state index contributed by atoms with van der Waals surface area (Å²) < 4.78 is 81.1. The number of fused-ring (bicyclic) bond motifs is 1. The van der Waals surface area contributed by atoms with E-state index in [0.29, 0.717) is 0 Å². The Bertz CT molecular complexity index is 1420. The Hall–Kier alpha value is -2.48. The van der Waals surface area contributed by atoms with Crippen molar-refractivity contribution < 1.29 is 70.0 Å². The molecule has 4 rings (SSSR count). The summed E-state index contributed by atoms with van der Waals surface area (Å²) in [7, 11) is -4.16. The van der Waals surface area contributed by atoms with Crippen LogP contribution in [-0.2, 0) is 16.3 Å². The van der Waals surface area contributed by atoms with E-state index in [0.717, 1.165) is 18.2 Å². The molecule has 0 aliphatic heterocycles. The van der Waals surface area contributed by atoms with Gasteiger partial charge in [0.05, 0.1) is 18.2 Å². The number of hydrogen-bond donors (Lipinski definition) is 2. The van der Waals surface area contributed by atoms with Crippen LogP contribution in [0.3, 0.4) is 0 Å². The van der Waals surface area contributed by atoms with Crippen molar-refractivity contribution in [1.29, 1.82) is 0 Å². The number of carbonyl (C=O) groups is 2. The number of hydrogen-bond acceptors (Lipinski definition) is 8. The van der Waals surface area contributed by atoms with Crippen molar-refractivity contribution in [3.8, 4) is 5.75 Å². The van der Waals surface area contributed by atoms with Crippen LogP contribution in [0.25, 0.3) is 0 Å². The van der Waals surface area contributed by atoms with E-state index in [1.54, 1.807) is 0 Å². The predicted molar refractivity (Wildman–Crippen MR) is 113 cm³/mol. The predicted octanol–water partition coefficient (Wildman–Crippen LogP) is -0.00650. The van der Waals surface area contributed by atoms with E-state index in [9.17, 15) is 35.7 Å². The Kier molecular flexibility index (Phi) is 7.12. The van der Waals surface area contributed by atoms with Gasteiger partial charge in [-0.3, -0.25) is 9.59 Å². The van der Waals surface area contributed by atoms with E-state index in [-0.39, 0.29) is 57.8 Å². The van der Waals surface area contributed by atoms with E-state index in [1.807, 2.05) is 0 Å². The second kappa shape index (κ2) is 9.19. The zero-order valence-electron chi connectivity index (χ0n) is 18.4. The van der Waals surface area contributed by atoms with Crippen molar-refractivity contribution in [1.82, 2.24) is 0 Å². The minimum Gasteiger partial charge on any atom is -0.746 e. The first-order chi connectivity index (χ1) is 15.8. The van der Waals surface area contributed by atoms with Gasteiger partial charge in [0.15, 0.2) is 11.6 Å². The molecule has 0 bridgehead atoms. The number of nitrogens with one attached hydrogen (secondary N) is 1. The summed E-state index contributed by atoms with van der Waals surface area (Å²) in [6.07, 6.45) is -4.30. The molecular formula is C22H16F3N2NaO6S. The Labute approximate surface area is 220 Å². The van der Waals surface area contributed by atoms with Gasteiger partial charge in [0, 0.05) is 40.6 Å². The Morgan fingerprint density at radius 2 is 1.69 bits per heavy atom. The summed E-state index contributed by atoms with van der Waals surface area (Å²) >= 11 is 0. The van der Waals surface area contributed by atoms with Gasteiger partial charge >= 0.3 is 35.7 Å². The standard InChI is InChI=1S/C22H17F3N2O6S.Na/c1-33-13-9-11(22(23,24)25)8-12(10-13)27-16-6-7-21(26,34(30,31)32)18-17(16)19(28)14-4-2-3-5-15(14)20(18)29;/h2-6,8-10,27H,7,26H2,1H3,(H,30,31,32);/q;+1/p-1. The molecule has 0 spiro atoms. The second-order valence-electron chi connectivity index (χ2n) is 7.69. The number of ether oxygens (including phenoxy) is 1. The first-order valence-corrected chi connectivity index (χ1v) is 11.1. The fraction of sp³-hybridized carbons (Fsp3) is 0.182. The quantitative estimate of drug-likeness (QED) is 0.428. The molecule has 0 fully saturated rings. The summed E-state index contributed by atoms with van der Waals surface area (Å²) in [6, 6.07) is 8.29. The molecule has 0 aromatic heterocycles. The van der Waals surface area contributed by atoms with Gasteiger partial charge in [-0.15, -0.1) is 0 Å². The maximum Gasteiger partial charge on any atom is 1.00 e. The van der Waals surface area contributed by atoms with Gasteiger partial charge in [-0.2, -0.15) is 13.2 Å². The number of ketones is 2. The van der Waals surface area contributed by atoms with Gasteiger partial charge in [0.2, 0.25) is 0 Å². The normalized spacial score (nSPS) is 19.9. The third-order valence-electron chi connectivity index (χ3n) is 5.62. The van der Waals surface area contributed by atoms with Crippen LogP contribution in [0.15, 0.2) is 65.4 Å². The van der Waals surface area contributed by atoms with E-state index in [4.69, 9.17) is 10.5 Å². The van der Waals surface area contributed by atoms with Gasteiger partial charge in [0.25, 0.3) is 0 Å². The maximum atomic E-state index is 13.3. The van der Waals surface area contributed by atoms with Crippen LogP contribution in [0, 0.1) is 0 Å². The number of anilines is 1. The van der Waals surface area contributed by atoms with Gasteiger partial charge in [0.1, 0.15) is 20.7 Å². The van der Waals surface area contributed by atoms with Gasteiger partial charge in [-0.1, -0.05) is 30.3 Å². The zero-order valence-corrected chi connectivity index (χ0v) is 21.2. The first-order valence-electron chi connectivity index (χ1n) is 9.69. The van der Waals surface area contributed by atoms with Crippen LogP contribution < -0.4 is 45.3 Å². The first kappa shape index (κ1) is 27.1. The minimum atomic E-state index is -5.33. The number of halogens is 3. The summed E-state index contributed by atoms with van der Waals surface area (Å²) in [5.41, 5.74) is 3.13. The average Bonchev–Trinajstić information content (AvgIpc) is 2.77. The molecule has 0 amide bonds. The molecule has 0 heterocycles. The molecule has 13 heteroatoms. The van der Waals surface area contributed by atoms with Crippen LogP contribution >= 0.6 is 0 Å². The number of rotatable bonds is 4. The van der Waals surface area contributed by atoms with Crippen molar-refractivity contribution in [2.24, 2.45) is 5.73 Å². The molecular weight excluding hydrogens is 500 g/mol. The molecule has 0 radical (unpaired) electrons. The van der Waals surface area contributed by atoms with Crippen LogP contribution in [0.4, 0.5) is 18.9 Å². The Morgan fingerprint density at radius 3 is 2.23 bits per heavy atom. The molecule has 8 nitrogen and oxygen atoms in total. The van der Waals surface area contributed by atoms with Crippen molar-refractivity contribution in [2.75, 3.05) is 12.4 Å². The van der Waals surface area contributed by atoms with Crippen molar-refractivity contribution in [3.05, 3.63) is 82.1 Å². The molecule has 0 saturated carbocycles. The average molecular weight is 516 g/mol. The molecule has 1 atom stereocenters.